The maximum Gasteiger partial charge on any atom is 0.121 e. The molecule has 0 radical (unpaired) electrons. The first-order valence-electron chi connectivity index (χ1n) is 4.51. The van der Waals surface area contributed by atoms with Crippen LogP contribution in [0.15, 0.2) is 23.3 Å². The van der Waals surface area contributed by atoms with Gasteiger partial charge in [-0.1, -0.05) is 5.11 Å². The number of nitrogens with two attached hydrogens (primary N) is 1. The second-order valence-electron chi connectivity index (χ2n) is 3.24. The van der Waals surface area contributed by atoms with Gasteiger partial charge < -0.3 is 21.1 Å². The van der Waals surface area contributed by atoms with Crippen molar-refractivity contribution in [1.29, 1.82) is 0 Å². The molecular weight excluding hydrogens is 212 g/mol. The first-order chi connectivity index (χ1) is 7.56. The van der Waals surface area contributed by atoms with Crippen molar-refractivity contribution < 1.29 is 15.3 Å². The topological polar surface area (TPSA) is 135 Å². The highest BCUT2D eigenvalue weighted by molar-refractivity contribution is 5.48. The van der Waals surface area contributed by atoms with Gasteiger partial charge in [-0.25, -0.2) is 0 Å². The molecular formula is C9H12N4O3. The number of hydrogen-bond donors (Lipinski definition) is 4. The smallest absolute Gasteiger partial charge is 0.121 e. The lowest BCUT2D eigenvalue weighted by Crippen LogP contribution is -2.21. The van der Waals surface area contributed by atoms with Crippen molar-refractivity contribution in [2.75, 3.05) is 12.3 Å². The Bertz CT molecular complexity index is 417. The zero-order valence-electron chi connectivity index (χ0n) is 8.35. The number of aliphatic hydroxyl groups is 2. The second kappa shape index (κ2) is 5.22. The fourth-order valence-corrected chi connectivity index (χ4v) is 1.24. The number of phenols is 1. The van der Waals surface area contributed by atoms with Crippen LogP contribution in [0.3, 0.4) is 0 Å². The predicted molar refractivity (Wildman–Crippen MR) is 57.5 cm³/mol. The first kappa shape index (κ1) is 12.1. The molecule has 5 N–H and O–H groups in total. The monoisotopic (exact) mass is 224 g/mol. The van der Waals surface area contributed by atoms with E-state index in [-0.39, 0.29) is 17.9 Å². The molecule has 16 heavy (non-hydrogen) atoms. The van der Waals surface area contributed by atoms with Crippen LogP contribution in [0.1, 0.15) is 11.7 Å². The molecule has 0 fully saturated rings. The number of rotatable bonds is 4. The third-order valence-electron chi connectivity index (χ3n) is 2.07. The Morgan fingerprint density at radius 2 is 2.12 bits per heavy atom. The molecule has 1 aromatic rings. The molecule has 0 saturated carbocycles. The van der Waals surface area contributed by atoms with E-state index in [2.05, 4.69) is 10.0 Å². The van der Waals surface area contributed by atoms with Gasteiger partial charge in [0.2, 0.25) is 0 Å². The summed E-state index contributed by atoms with van der Waals surface area (Å²) in [4.78, 5) is 2.46. The Morgan fingerprint density at radius 1 is 1.44 bits per heavy atom. The summed E-state index contributed by atoms with van der Waals surface area (Å²) < 4.78 is 0. The lowest BCUT2D eigenvalue weighted by atomic mass is 10.0. The zero-order chi connectivity index (χ0) is 12.1. The number of aliphatic hydroxyl groups excluding tert-OH is 2. The van der Waals surface area contributed by atoms with Crippen LogP contribution in [0.5, 0.6) is 5.75 Å². The minimum absolute atomic E-state index is 0.0978. The quantitative estimate of drug-likeness (QED) is 0.196. The van der Waals surface area contributed by atoms with Crippen molar-refractivity contribution >= 4 is 5.69 Å². The highest BCUT2D eigenvalue weighted by Gasteiger charge is 2.20. The maximum atomic E-state index is 9.67. The molecule has 0 saturated heterocycles. The van der Waals surface area contributed by atoms with Crippen molar-refractivity contribution in [3.63, 3.8) is 0 Å². The van der Waals surface area contributed by atoms with E-state index in [1.165, 1.54) is 18.2 Å². The average molecular weight is 224 g/mol. The zero-order valence-corrected chi connectivity index (χ0v) is 8.35. The van der Waals surface area contributed by atoms with Crippen molar-refractivity contribution in [2.45, 2.75) is 12.2 Å². The van der Waals surface area contributed by atoms with Gasteiger partial charge in [-0.2, -0.15) is 0 Å². The lowest BCUT2D eigenvalue weighted by Gasteiger charge is -2.17. The number of benzene rings is 1. The van der Waals surface area contributed by atoms with Crippen LogP contribution >= 0.6 is 0 Å². The van der Waals surface area contributed by atoms with Crippen LogP contribution in [0.2, 0.25) is 0 Å². The number of aromatic hydroxyl groups is 1. The summed E-state index contributed by atoms with van der Waals surface area (Å²) in [7, 11) is 0. The number of nitrogen functional groups attached to an aromatic ring is 1. The molecule has 0 aromatic heterocycles. The highest BCUT2D eigenvalue weighted by Crippen LogP contribution is 2.28. The van der Waals surface area contributed by atoms with Crippen molar-refractivity contribution in [3.8, 4) is 5.75 Å². The van der Waals surface area contributed by atoms with Crippen LogP contribution in [-0.4, -0.2) is 28.0 Å². The molecule has 2 unspecified atom stereocenters. The van der Waals surface area contributed by atoms with E-state index < -0.39 is 12.2 Å². The summed E-state index contributed by atoms with van der Waals surface area (Å²) in [5.74, 6) is -0.179. The van der Waals surface area contributed by atoms with Gasteiger partial charge in [-0.3, -0.25) is 0 Å². The maximum absolute atomic E-state index is 9.67. The minimum Gasteiger partial charge on any atom is -0.508 e. The molecule has 7 heteroatoms. The summed E-state index contributed by atoms with van der Waals surface area (Å²) in [5, 5.41) is 31.7. The summed E-state index contributed by atoms with van der Waals surface area (Å²) in [6.07, 6.45) is -2.64. The number of azide groups is 1. The minimum atomic E-state index is -1.35. The SMILES string of the molecule is [N-]=[N+]=NCC(O)C(O)c1cc(N)ccc1O. The normalized spacial score (nSPS) is 13.9. The predicted octanol–water partition coefficient (Wildman–Crippen LogP) is 0.679. The van der Waals surface area contributed by atoms with Crippen LogP contribution < -0.4 is 5.73 Å². The highest BCUT2D eigenvalue weighted by atomic mass is 16.3. The largest absolute Gasteiger partial charge is 0.508 e. The third kappa shape index (κ3) is 2.77. The van der Waals surface area contributed by atoms with Gasteiger partial charge >= 0.3 is 0 Å². The van der Waals surface area contributed by atoms with E-state index >= 15 is 0 Å². The summed E-state index contributed by atoms with van der Waals surface area (Å²) in [6, 6.07) is 4.12. The van der Waals surface area contributed by atoms with E-state index in [1.54, 1.807) is 0 Å². The standard InChI is InChI=1S/C9H12N4O3/c10-5-1-2-7(14)6(3-5)9(16)8(15)4-12-13-11/h1-3,8-9,14-16H,4,10H2. The number of hydrogen-bond acceptors (Lipinski definition) is 5. The third-order valence-corrected chi connectivity index (χ3v) is 2.07. The van der Waals surface area contributed by atoms with Crippen LogP contribution in [0.4, 0.5) is 5.69 Å². The van der Waals surface area contributed by atoms with Gasteiger partial charge in [-0.15, -0.1) is 0 Å². The Kier molecular flexibility index (Phi) is 3.96. The Labute approximate surface area is 91.4 Å². The number of anilines is 1. The van der Waals surface area contributed by atoms with E-state index in [0.717, 1.165) is 0 Å². The Balaban J connectivity index is 2.90. The van der Waals surface area contributed by atoms with E-state index in [1.807, 2.05) is 0 Å². The van der Waals surface area contributed by atoms with Crippen LogP contribution in [0, 0.1) is 0 Å². The van der Waals surface area contributed by atoms with Crippen LogP contribution in [-0.2, 0) is 0 Å². The Morgan fingerprint density at radius 3 is 2.75 bits per heavy atom. The molecule has 0 aliphatic carbocycles. The van der Waals surface area contributed by atoms with Crippen molar-refractivity contribution in [1.82, 2.24) is 0 Å². The summed E-state index contributed by atoms with van der Waals surface area (Å²) in [5.41, 5.74) is 14.0. The molecule has 0 bridgehead atoms. The van der Waals surface area contributed by atoms with Crippen molar-refractivity contribution in [3.05, 3.63) is 34.2 Å². The molecule has 0 heterocycles. The van der Waals surface area contributed by atoms with Gasteiger partial charge in [-0.05, 0) is 23.7 Å². The second-order valence-corrected chi connectivity index (χ2v) is 3.24. The summed E-state index contributed by atoms with van der Waals surface area (Å²) >= 11 is 0. The molecule has 1 aromatic carbocycles. The number of nitrogens with zero attached hydrogens (tertiary/aromatic N) is 3. The lowest BCUT2D eigenvalue weighted by molar-refractivity contribution is 0.0230. The molecule has 7 nitrogen and oxygen atoms in total. The van der Waals surface area contributed by atoms with Gasteiger partial charge in [0.15, 0.2) is 0 Å². The first-order valence-corrected chi connectivity index (χ1v) is 4.51. The van der Waals surface area contributed by atoms with Gasteiger partial charge in [0.25, 0.3) is 0 Å². The fourth-order valence-electron chi connectivity index (χ4n) is 1.24. The average Bonchev–Trinajstić information content (AvgIpc) is 2.28. The molecule has 0 aliphatic heterocycles. The molecule has 0 aliphatic rings. The number of phenolic OH excluding ortho intramolecular Hbond substituents is 1. The van der Waals surface area contributed by atoms with Crippen LogP contribution in [0.25, 0.3) is 10.4 Å². The van der Waals surface area contributed by atoms with E-state index in [0.29, 0.717) is 5.69 Å². The Hall–Kier alpha value is -1.95. The summed E-state index contributed by atoms with van der Waals surface area (Å²) in [6.45, 7) is -0.286. The van der Waals surface area contributed by atoms with Gasteiger partial charge in [0.1, 0.15) is 11.9 Å². The molecule has 0 amide bonds. The van der Waals surface area contributed by atoms with E-state index in [9.17, 15) is 15.3 Å². The van der Waals surface area contributed by atoms with Gasteiger partial charge in [0, 0.05) is 16.2 Å². The van der Waals surface area contributed by atoms with Gasteiger partial charge in [0.05, 0.1) is 12.6 Å². The molecule has 1 rings (SSSR count). The van der Waals surface area contributed by atoms with E-state index in [4.69, 9.17) is 11.3 Å². The van der Waals surface area contributed by atoms with Crippen molar-refractivity contribution in [2.24, 2.45) is 5.11 Å². The molecule has 0 spiro atoms. The fraction of sp³-hybridized carbons (Fsp3) is 0.333. The molecule has 86 valence electrons. The molecule has 2 atom stereocenters.